The fourth-order valence-electron chi connectivity index (χ4n) is 3.60. The van der Waals surface area contributed by atoms with Gasteiger partial charge in [0, 0.05) is 38.6 Å². The fraction of sp³-hybridized carbons (Fsp3) is 0.300. The molecule has 0 unspecified atom stereocenters. The van der Waals surface area contributed by atoms with Crippen LogP contribution in [0.1, 0.15) is 34.9 Å². The van der Waals surface area contributed by atoms with Crippen molar-refractivity contribution in [3.63, 3.8) is 0 Å². The molecule has 0 saturated carbocycles. The van der Waals surface area contributed by atoms with Gasteiger partial charge in [0.2, 0.25) is 0 Å². The van der Waals surface area contributed by atoms with E-state index in [0.717, 1.165) is 42.0 Å². The van der Waals surface area contributed by atoms with Gasteiger partial charge in [-0.15, -0.1) is 0 Å². The summed E-state index contributed by atoms with van der Waals surface area (Å²) >= 11 is 0. The van der Waals surface area contributed by atoms with Gasteiger partial charge in [0.1, 0.15) is 0 Å². The number of benzene rings is 1. The van der Waals surface area contributed by atoms with Crippen molar-refractivity contribution in [2.24, 2.45) is 0 Å². The van der Waals surface area contributed by atoms with Gasteiger partial charge in [-0.25, -0.2) is 4.98 Å². The Morgan fingerprint density at radius 3 is 2.72 bits per heavy atom. The van der Waals surface area contributed by atoms with E-state index in [4.69, 9.17) is 4.98 Å². The van der Waals surface area contributed by atoms with E-state index in [1.54, 1.807) is 0 Å². The molecule has 0 radical (unpaired) electrons. The maximum absolute atomic E-state index is 12.9. The lowest BCUT2D eigenvalue weighted by Crippen LogP contribution is -2.31. The van der Waals surface area contributed by atoms with Crippen molar-refractivity contribution in [2.45, 2.75) is 18.9 Å². The van der Waals surface area contributed by atoms with E-state index < -0.39 is 0 Å². The molecular weight excluding hydrogens is 312 g/mol. The first-order valence-corrected chi connectivity index (χ1v) is 8.66. The smallest absolute Gasteiger partial charge is 0.254 e. The molecule has 128 valence electrons. The van der Waals surface area contributed by atoms with Crippen LogP contribution in [0.25, 0.3) is 5.52 Å². The maximum Gasteiger partial charge on any atom is 0.254 e. The quantitative estimate of drug-likeness (QED) is 0.737. The number of anilines is 1. The number of hydrogen-bond acceptors (Lipinski definition) is 3. The van der Waals surface area contributed by atoms with Crippen molar-refractivity contribution in [1.82, 2.24) is 14.3 Å². The molecule has 1 aliphatic rings. The van der Waals surface area contributed by atoms with E-state index in [9.17, 15) is 4.79 Å². The Labute approximate surface area is 147 Å². The molecule has 1 atom stereocenters. The van der Waals surface area contributed by atoms with Crippen LogP contribution in [0.3, 0.4) is 0 Å². The Hall–Kier alpha value is -2.82. The molecule has 0 N–H and O–H groups in total. The molecule has 1 amide bonds. The Balaban J connectivity index is 1.73. The van der Waals surface area contributed by atoms with Gasteiger partial charge in [0.05, 0.1) is 17.3 Å². The number of nitrogens with zero attached hydrogens (tertiary/aromatic N) is 4. The van der Waals surface area contributed by atoms with E-state index in [1.165, 1.54) is 0 Å². The zero-order valence-electron chi connectivity index (χ0n) is 14.6. The molecule has 0 aliphatic carbocycles. The Morgan fingerprint density at radius 1 is 1.16 bits per heavy atom. The highest BCUT2D eigenvalue weighted by Crippen LogP contribution is 2.33. The molecule has 1 aromatic carbocycles. The third-order valence-corrected chi connectivity index (χ3v) is 4.81. The van der Waals surface area contributed by atoms with Crippen molar-refractivity contribution in [1.29, 1.82) is 0 Å². The third-order valence-electron chi connectivity index (χ3n) is 4.81. The van der Waals surface area contributed by atoms with E-state index >= 15 is 0 Å². The van der Waals surface area contributed by atoms with Crippen molar-refractivity contribution >= 4 is 17.2 Å². The average molecular weight is 334 g/mol. The molecule has 2 aromatic heterocycles. The minimum absolute atomic E-state index is 0.0261. The first-order valence-electron chi connectivity index (χ1n) is 8.66. The van der Waals surface area contributed by atoms with Gasteiger partial charge in [-0.1, -0.05) is 18.2 Å². The third kappa shape index (κ3) is 2.76. The van der Waals surface area contributed by atoms with Crippen LogP contribution < -0.4 is 4.90 Å². The van der Waals surface area contributed by atoms with Crippen molar-refractivity contribution in [3.05, 3.63) is 66.1 Å². The number of fused-ring (bicyclic) bond motifs is 1. The summed E-state index contributed by atoms with van der Waals surface area (Å²) < 4.78 is 2.10. The van der Waals surface area contributed by atoms with Crippen molar-refractivity contribution < 1.29 is 4.79 Å². The number of carbonyl (C=O) groups excluding carboxylic acids is 1. The fourth-order valence-corrected chi connectivity index (χ4v) is 3.60. The van der Waals surface area contributed by atoms with Crippen LogP contribution in [-0.4, -0.2) is 40.8 Å². The molecular formula is C20H22N4O. The highest BCUT2D eigenvalue weighted by molar-refractivity contribution is 5.94. The van der Waals surface area contributed by atoms with E-state index in [2.05, 4.69) is 16.7 Å². The lowest BCUT2D eigenvalue weighted by molar-refractivity contribution is 0.0732. The topological polar surface area (TPSA) is 40.9 Å². The molecule has 1 aliphatic heterocycles. The number of hydrogen-bond donors (Lipinski definition) is 0. The predicted octanol–water partition coefficient (Wildman–Crippen LogP) is 3.38. The first kappa shape index (κ1) is 15.7. The second-order valence-corrected chi connectivity index (χ2v) is 6.71. The van der Waals surface area contributed by atoms with Gasteiger partial charge >= 0.3 is 0 Å². The standard InChI is InChI=1S/C20H22N4O/c1-22(2)19-18-11-6-12-23(18)14-16(21-19)17-10-7-13-24(17)20(25)15-8-4-3-5-9-15/h3-6,8-9,11-12,14,17H,7,10,13H2,1-2H3/t17-/m1/s1. The molecule has 1 saturated heterocycles. The van der Waals surface area contributed by atoms with Gasteiger partial charge in [-0.2, -0.15) is 0 Å². The number of carbonyl (C=O) groups is 1. The van der Waals surface area contributed by atoms with Gasteiger partial charge in [0.25, 0.3) is 5.91 Å². The lowest BCUT2D eigenvalue weighted by Gasteiger charge is -2.26. The molecule has 0 bridgehead atoms. The van der Waals surface area contributed by atoms with Crippen LogP contribution in [-0.2, 0) is 0 Å². The van der Waals surface area contributed by atoms with E-state index in [1.807, 2.05) is 66.5 Å². The monoisotopic (exact) mass is 334 g/mol. The highest BCUT2D eigenvalue weighted by Gasteiger charge is 2.32. The molecule has 25 heavy (non-hydrogen) atoms. The van der Waals surface area contributed by atoms with Crippen LogP contribution in [0.2, 0.25) is 0 Å². The Bertz CT molecular complexity index is 900. The molecule has 3 aromatic rings. The summed E-state index contributed by atoms with van der Waals surface area (Å²) in [6, 6.07) is 13.6. The van der Waals surface area contributed by atoms with Crippen molar-refractivity contribution in [3.8, 4) is 0 Å². The maximum atomic E-state index is 12.9. The minimum Gasteiger partial charge on any atom is -0.361 e. The van der Waals surface area contributed by atoms with Crippen LogP contribution in [0, 0.1) is 0 Å². The van der Waals surface area contributed by atoms with Gasteiger partial charge in [0.15, 0.2) is 5.82 Å². The summed E-state index contributed by atoms with van der Waals surface area (Å²) in [5.74, 6) is 1.02. The highest BCUT2D eigenvalue weighted by atomic mass is 16.2. The van der Waals surface area contributed by atoms with Gasteiger partial charge in [-0.3, -0.25) is 4.79 Å². The number of aromatic nitrogens is 2. The number of amides is 1. The predicted molar refractivity (Wildman–Crippen MR) is 99.0 cm³/mol. The van der Waals surface area contributed by atoms with E-state index in [-0.39, 0.29) is 11.9 Å². The van der Waals surface area contributed by atoms with Gasteiger partial charge < -0.3 is 14.2 Å². The second kappa shape index (κ2) is 6.24. The summed E-state index contributed by atoms with van der Waals surface area (Å²) in [6.45, 7) is 0.779. The summed E-state index contributed by atoms with van der Waals surface area (Å²) in [4.78, 5) is 21.8. The Morgan fingerprint density at radius 2 is 1.96 bits per heavy atom. The number of likely N-dealkylation sites (tertiary alicyclic amines) is 1. The molecule has 5 heteroatoms. The van der Waals surface area contributed by atoms with Gasteiger partial charge in [-0.05, 0) is 37.1 Å². The number of rotatable bonds is 3. The molecule has 3 heterocycles. The van der Waals surface area contributed by atoms with Crippen molar-refractivity contribution in [2.75, 3.05) is 25.5 Å². The minimum atomic E-state index is 0.0261. The lowest BCUT2D eigenvalue weighted by atomic mass is 10.1. The normalized spacial score (nSPS) is 17.2. The van der Waals surface area contributed by atoms with Crippen LogP contribution in [0.4, 0.5) is 5.82 Å². The molecule has 1 fully saturated rings. The average Bonchev–Trinajstić information content (AvgIpc) is 3.29. The van der Waals surface area contributed by atoms with Crippen LogP contribution in [0.5, 0.6) is 0 Å². The summed E-state index contributed by atoms with van der Waals surface area (Å²) in [5.41, 5.74) is 2.77. The Kier molecular flexibility index (Phi) is 3.92. The van der Waals surface area contributed by atoms with E-state index in [0.29, 0.717) is 0 Å². The molecule has 4 rings (SSSR count). The zero-order valence-corrected chi connectivity index (χ0v) is 14.6. The zero-order chi connectivity index (χ0) is 17.4. The summed E-state index contributed by atoms with van der Waals surface area (Å²) in [5, 5.41) is 0. The van der Waals surface area contributed by atoms with Crippen LogP contribution in [0.15, 0.2) is 54.9 Å². The first-order chi connectivity index (χ1) is 12.1. The largest absolute Gasteiger partial charge is 0.361 e. The molecule has 0 spiro atoms. The SMILES string of the molecule is CN(C)c1nc([C@H]2CCCN2C(=O)c2ccccc2)cn2cccc12. The van der Waals surface area contributed by atoms with Crippen LogP contribution >= 0.6 is 0 Å². The second-order valence-electron chi connectivity index (χ2n) is 6.71. The summed E-state index contributed by atoms with van der Waals surface area (Å²) in [6.07, 6.45) is 6.05. The summed E-state index contributed by atoms with van der Waals surface area (Å²) in [7, 11) is 4.00. The molecule has 5 nitrogen and oxygen atoms in total.